The van der Waals surface area contributed by atoms with Crippen molar-refractivity contribution in [2.24, 2.45) is 0 Å². The molecular formula is C8H19NO6S2. The zero-order chi connectivity index (χ0) is 13.7. The molecule has 17 heavy (non-hydrogen) atoms. The molecule has 0 aromatic carbocycles. The van der Waals surface area contributed by atoms with E-state index in [9.17, 15) is 16.8 Å². The predicted octanol–water partition coefficient (Wildman–Crippen LogP) is -1.04. The van der Waals surface area contributed by atoms with E-state index < -0.39 is 43.7 Å². The summed E-state index contributed by atoms with van der Waals surface area (Å²) in [6.45, 7) is 1.57. The van der Waals surface area contributed by atoms with Crippen molar-refractivity contribution in [2.45, 2.75) is 19.3 Å². The molecule has 1 atom stereocenters. The van der Waals surface area contributed by atoms with Crippen LogP contribution in [0.4, 0.5) is 0 Å². The fraction of sp³-hybridized carbons (Fsp3) is 1.00. The second kappa shape index (κ2) is 6.64. The molecule has 1 unspecified atom stereocenters. The Balaban J connectivity index is 4.45. The number of nitrogens with one attached hydrogen (secondary N) is 1. The minimum atomic E-state index is -3.67. The van der Waals surface area contributed by atoms with Crippen LogP contribution in [0.2, 0.25) is 0 Å². The summed E-state index contributed by atoms with van der Waals surface area (Å²) in [5, 5.41) is 0. The number of hydrogen-bond acceptors (Lipinski definition) is 6. The van der Waals surface area contributed by atoms with Crippen LogP contribution in [0.15, 0.2) is 0 Å². The number of methoxy groups -OCH3 is 2. The number of rotatable bonds is 8. The highest BCUT2D eigenvalue weighted by molar-refractivity contribution is 7.93. The smallest absolute Gasteiger partial charge is 0.213 e. The van der Waals surface area contributed by atoms with E-state index in [-0.39, 0.29) is 0 Å². The van der Waals surface area contributed by atoms with E-state index in [0.717, 1.165) is 6.26 Å². The Bertz CT molecular complexity index is 411. The standard InChI is InChI=1S/C8H19NO6S2/c1-7(8(14-2)15-3)9-17(12,13)6-5-16(4,10)11/h7-9H,5-6H2,1-4H3. The van der Waals surface area contributed by atoms with E-state index in [2.05, 4.69) is 4.72 Å². The molecule has 0 aliphatic carbocycles. The van der Waals surface area contributed by atoms with Crippen LogP contribution < -0.4 is 4.72 Å². The molecule has 104 valence electrons. The molecule has 7 nitrogen and oxygen atoms in total. The van der Waals surface area contributed by atoms with Crippen molar-refractivity contribution in [3.63, 3.8) is 0 Å². The molecule has 0 aliphatic heterocycles. The van der Waals surface area contributed by atoms with Crippen molar-refractivity contribution in [1.29, 1.82) is 0 Å². The van der Waals surface area contributed by atoms with Crippen molar-refractivity contribution in [3.8, 4) is 0 Å². The second-order valence-electron chi connectivity index (χ2n) is 3.70. The van der Waals surface area contributed by atoms with Crippen LogP contribution in [0.25, 0.3) is 0 Å². The fourth-order valence-electron chi connectivity index (χ4n) is 1.16. The Morgan fingerprint density at radius 1 is 1.06 bits per heavy atom. The molecule has 0 amide bonds. The molecule has 0 saturated carbocycles. The van der Waals surface area contributed by atoms with Crippen molar-refractivity contribution in [2.75, 3.05) is 32.0 Å². The summed E-state index contributed by atoms with van der Waals surface area (Å²) in [7, 11) is -4.21. The molecule has 0 aliphatic rings. The van der Waals surface area contributed by atoms with Crippen LogP contribution in [0.1, 0.15) is 6.92 Å². The maximum absolute atomic E-state index is 11.5. The lowest BCUT2D eigenvalue weighted by Gasteiger charge is -2.21. The predicted molar refractivity (Wildman–Crippen MR) is 63.9 cm³/mol. The van der Waals surface area contributed by atoms with Gasteiger partial charge in [-0.15, -0.1) is 0 Å². The monoisotopic (exact) mass is 289 g/mol. The van der Waals surface area contributed by atoms with Gasteiger partial charge in [0, 0.05) is 20.5 Å². The Morgan fingerprint density at radius 2 is 1.53 bits per heavy atom. The van der Waals surface area contributed by atoms with Gasteiger partial charge >= 0.3 is 0 Å². The maximum atomic E-state index is 11.5. The lowest BCUT2D eigenvalue weighted by Crippen LogP contribution is -2.44. The molecular weight excluding hydrogens is 270 g/mol. The SMILES string of the molecule is COC(OC)C(C)NS(=O)(=O)CCS(C)(=O)=O. The number of sulfone groups is 1. The van der Waals surface area contributed by atoms with Gasteiger partial charge in [0.05, 0.1) is 17.5 Å². The third kappa shape index (κ3) is 7.66. The van der Waals surface area contributed by atoms with Crippen LogP contribution in [0.3, 0.4) is 0 Å². The lowest BCUT2D eigenvalue weighted by atomic mass is 10.3. The Hall–Kier alpha value is -0.220. The van der Waals surface area contributed by atoms with Gasteiger partial charge in [-0.3, -0.25) is 0 Å². The minimum Gasteiger partial charge on any atom is -0.354 e. The summed E-state index contributed by atoms with van der Waals surface area (Å²) in [6, 6.07) is -0.602. The first kappa shape index (κ1) is 16.8. The van der Waals surface area contributed by atoms with E-state index in [1.807, 2.05) is 0 Å². The van der Waals surface area contributed by atoms with Crippen molar-refractivity contribution < 1.29 is 26.3 Å². The normalized spacial score (nSPS) is 15.1. The van der Waals surface area contributed by atoms with Crippen LogP contribution in [-0.2, 0) is 29.3 Å². The lowest BCUT2D eigenvalue weighted by molar-refractivity contribution is -0.115. The van der Waals surface area contributed by atoms with Gasteiger partial charge in [0.25, 0.3) is 0 Å². The van der Waals surface area contributed by atoms with Gasteiger partial charge in [-0.2, -0.15) is 0 Å². The van der Waals surface area contributed by atoms with Crippen LogP contribution >= 0.6 is 0 Å². The highest BCUT2D eigenvalue weighted by Gasteiger charge is 2.22. The molecule has 9 heteroatoms. The molecule has 1 N–H and O–H groups in total. The molecule has 0 aromatic rings. The van der Waals surface area contributed by atoms with Gasteiger partial charge in [0.1, 0.15) is 9.84 Å². The third-order valence-corrected chi connectivity index (χ3v) is 4.64. The summed E-state index contributed by atoms with van der Waals surface area (Å²) < 4.78 is 56.9. The Labute approximate surface area is 102 Å². The van der Waals surface area contributed by atoms with Crippen LogP contribution in [0.5, 0.6) is 0 Å². The summed E-state index contributed by atoms with van der Waals surface area (Å²) in [5.74, 6) is -0.893. The summed E-state index contributed by atoms with van der Waals surface area (Å²) >= 11 is 0. The van der Waals surface area contributed by atoms with E-state index in [1.54, 1.807) is 6.92 Å². The summed E-state index contributed by atoms with van der Waals surface area (Å²) in [4.78, 5) is 0. The molecule has 0 spiro atoms. The highest BCUT2D eigenvalue weighted by Crippen LogP contribution is 2.01. The molecule has 0 radical (unpaired) electrons. The summed E-state index contributed by atoms with van der Waals surface area (Å²) in [6.07, 6.45) is 0.266. The molecule has 0 aromatic heterocycles. The van der Waals surface area contributed by atoms with Gasteiger partial charge in [-0.1, -0.05) is 0 Å². The molecule has 0 bridgehead atoms. The first-order valence-electron chi connectivity index (χ1n) is 4.84. The summed E-state index contributed by atoms with van der Waals surface area (Å²) in [5.41, 5.74) is 0. The van der Waals surface area contributed by atoms with Gasteiger partial charge in [-0.05, 0) is 6.92 Å². The van der Waals surface area contributed by atoms with Gasteiger partial charge in [0.15, 0.2) is 6.29 Å². The average Bonchev–Trinajstić information content (AvgIpc) is 2.15. The second-order valence-corrected chi connectivity index (χ2v) is 7.83. The van der Waals surface area contributed by atoms with Crippen molar-refractivity contribution in [1.82, 2.24) is 4.72 Å². The van der Waals surface area contributed by atoms with E-state index in [4.69, 9.17) is 9.47 Å². The number of hydrogen-bond donors (Lipinski definition) is 1. The minimum absolute atomic E-state index is 0.417. The highest BCUT2D eigenvalue weighted by atomic mass is 32.2. The largest absolute Gasteiger partial charge is 0.354 e. The van der Waals surface area contributed by atoms with Crippen LogP contribution in [0, 0.1) is 0 Å². The van der Waals surface area contributed by atoms with Crippen molar-refractivity contribution in [3.05, 3.63) is 0 Å². The number of ether oxygens (including phenoxy) is 2. The van der Waals surface area contributed by atoms with E-state index >= 15 is 0 Å². The van der Waals surface area contributed by atoms with Crippen molar-refractivity contribution >= 4 is 19.9 Å². The topological polar surface area (TPSA) is 98.8 Å². The molecule has 0 heterocycles. The van der Waals surface area contributed by atoms with Gasteiger partial charge < -0.3 is 9.47 Å². The van der Waals surface area contributed by atoms with Crippen LogP contribution in [-0.4, -0.2) is 61.1 Å². The van der Waals surface area contributed by atoms with Gasteiger partial charge in [-0.25, -0.2) is 21.6 Å². The third-order valence-electron chi connectivity index (χ3n) is 1.96. The molecule has 0 rings (SSSR count). The Morgan fingerprint density at radius 3 is 1.88 bits per heavy atom. The maximum Gasteiger partial charge on any atom is 0.213 e. The average molecular weight is 289 g/mol. The first-order chi connectivity index (χ1) is 7.61. The zero-order valence-corrected chi connectivity index (χ0v) is 12.0. The molecule has 0 fully saturated rings. The quantitative estimate of drug-likeness (QED) is 0.573. The van der Waals surface area contributed by atoms with Gasteiger partial charge in [0.2, 0.25) is 10.0 Å². The number of sulfonamides is 1. The van der Waals surface area contributed by atoms with E-state index in [0.29, 0.717) is 0 Å². The molecule has 0 saturated heterocycles. The zero-order valence-electron chi connectivity index (χ0n) is 10.3. The fourth-order valence-corrected chi connectivity index (χ4v) is 4.05. The first-order valence-corrected chi connectivity index (χ1v) is 8.56. The van der Waals surface area contributed by atoms with E-state index in [1.165, 1.54) is 14.2 Å². The Kier molecular flexibility index (Phi) is 6.56.